The summed E-state index contributed by atoms with van der Waals surface area (Å²) < 4.78 is 28.6. The van der Waals surface area contributed by atoms with Crippen LogP contribution in [0.15, 0.2) is 24.3 Å². The van der Waals surface area contributed by atoms with Crippen LogP contribution in [-0.4, -0.2) is 36.3 Å². The van der Waals surface area contributed by atoms with Crippen molar-refractivity contribution in [2.24, 2.45) is 11.8 Å². The molecule has 4 nitrogen and oxygen atoms in total. The summed E-state index contributed by atoms with van der Waals surface area (Å²) in [5.41, 5.74) is 0.793. The Morgan fingerprint density at radius 3 is 2.19 bits per heavy atom. The molecule has 2 fully saturated rings. The largest absolute Gasteiger partial charge is 0.435 e. The summed E-state index contributed by atoms with van der Waals surface area (Å²) >= 11 is 0. The molecule has 0 bridgehead atoms. The van der Waals surface area contributed by atoms with Gasteiger partial charge in [-0.05, 0) is 43.4 Å². The molecule has 1 saturated heterocycles. The van der Waals surface area contributed by atoms with Gasteiger partial charge >= 0.3 is 6.61 Å². The molecular weight excluding hydrogens is 340 g/mol. The summed E-state index contributed by atoms with van der Waals surface area (Å²) in [6, 6.07) is 6.21. The summed E-state index contributed by atoms with van der Waals surface area (Å²) in [4.78, 5) is 26.9. The Morgan fingerprint density at radius 2 is 1.62 bits per heavy atom. The van der Waals surface area contributed by atoms with Gasteiger partial charge in [0.2, 0.25) is 5.91 Å². The first-order valence-electron chi connectivity index (χ1n) is 9.38. The van der Waals surface area contributed by atoms with Gasteiger partial charge in [-0.15, -0.1) is 0 Å². The Bertz CT molecular complexity index is 618. The molecule has 1 aromatic rings. The number of piperidine rings is 1. The lowest BCUT2D eigenvalue weighted by atomic mass is 9.88. The van der Waals surface area contributed by atoms with E-state index in [0.717, 1.165) is 31.2 Å². The zero-order valence-corrected chi connectivity index (χ0v) is 14.8. The van der Waals surface area contributed by atoms with E-state index in [4.69, 9.17) is 0 Å². The van der Waals surface area contributed by atoms with E-state index in [0.29, 0.717) is 25.9 Å². The third kappa shape index (κ3) is 4.80. The third-order valence-electron chi connectivity index (χ3n) is 5.49. The molecule has 0 unspecified atom stereocenters. The highest BCUT2D eigenvalue weighted by molar-refractivity contribution is 5.84. The number of amides is 1. The van der Waals surface area contributed by atoms with Gasteiger partial charge in [0.25, 0.3) is 0 Å². The summed E-state index contributed by atoms with van der Waals surface area (Å²) in [7, 11) is 0. The number of likely N-dealkylation sites (tertiary alicyclic amines) is 1. The maximum absolute atomic E-state index is 12.5. The Balaban J connectivity index is 1.46. The zero-order chi connectivity index (χ0) is 18.5. The number of hydrogen-bond acceptors (Lipinski definition) is 3. The van der Waals surface area contributed by atoms with Gasteiger partial charge in [0.05, 0.1) is 0 Å². The molecule has 1 aromatic carbocycles. The highest BCUT2D eigenvalue weighted by Crippen LogP contribution is 2.29. The topological polar surface area (TPSA) is 46.6 Å². The number of carbonyl (C=O) groups excluding carboxylic acids is 2. The van der Waals surface area contributed by atoms with Crippen molar-refractivity contribution >= 4 is 11.7 Å². The van der Waals surface area contributed by atoms with Gasteiger partial charge in [0, 0.05) is 31.3 Å². The van der Waals surface area contributed by atoms with Crippen LogP contribution in [0.5, 0.6) is 5.75 Å². The predicted molar refractivity (Wildman–Crippen MR) is 93.0 cm³/mol. The molecular formula is C20H25F2NO3. The van der Waals surface area contributed by atoms with Gasteiger partial charge in [-0.2, -0.15) is 8.78 Å². The number of ether oxygens (including phenoxy) is 1. The molecule has 0 radical (unpaired) electrons. The maximum atomic E-state index is 12.5. The van der Waals surface area contributed by atoms with E-state index in [1.54, 1.807) is 12.1 Å². The molecule has 142 valence electrons. The minimum Gasteiger partial charge on any atom is -0.435 e. The van der Waals surface area contributed by atoms with Crippen molar-refractivity contribution in [3.05, 3.63) is 29.8 Å². The van der Waals surface area contributed by atoms with Gasteiger partial charge in [0.15, 0.2) is 0 Å². The van der Waals surface area contributed by atoms with Crippen molar-refractivity contribution < 1.29 is 23.1 Å². The number of ketones is 1. The first-order chi connectivity index (χ1) is 12.5. The molecule has 0 N–H and O–H groups in total. The van der Waals surface area contributed by atoms with Crippen molar-refractivity contribution in [3.63, 3.8) is 0 Å². The highest BCUT2D eigenvalue weighted by Gasteiger charge is 2.31. The number of carbonyl (C=O) groups is 2. The number of rotatable bonds is 6. The molecule has 26 heavy (non-hydrogen) atoms. The maximum Gasteiger partial charge on any atom is 0.387 e. The lowest BCUT2D eigenvalue weighted by Gasteiger charge is -2.33. The fourth-order valence-electron chi connectivity index (χ4n) is 3.99. The van der Waals surface area contributed by atoms with Crippen LogP contribution in [0.4, 0.5) is 8.78 Å². The second-order valence-corrected chi connectivity index (χ2v) is 7.25. The fraction of sp³-hybridized carbons (Fsp3) is 0.600. The van der Waals surface area contributed by atoms with Gasteiger partial charge in [0.1, 0.15) is 11.5 Å². The van der Waals surface area contributed by atoms with Gasteiger partial charge < -0.3 is 9.64 Å². The van der Waals surface area contributed by atoms with Gasteiger partial charge in [-0.1, -0.05) is 25.0 Å². The van der Waals surface area contributed by atoms with Crippen LogP contribution in [0.1, 0.15) is 44.1 Å². The monoisotopic (exact) mass is 365 g/mol. The lowest BCUT2D eigenvalue weighted by Crippen LogP contribution is -2.42. The van der Waals surface area contributed by atoms with E-state index in [2.05, 4.69) is 4.74 Å². The van der Waals surface area contributed by atoms with Crippen molar-refractivity contribution in [2.75, 3.05) is 13.1 Å². The van der Waals surface area contributed by atoms with Gasteiger partial charge in [-0.25, -0.2) is 0 Å². The number of nitrogens with zero attached hydrogens (tertiary/aromatic N) is 1. The van der Waals surface area contributed by atoms with Crippen molar-refractivity contribution in [1.82, 2.24) is 4.90 Å². The molecule has 1 amide bonds. The van der Waals surface area contributed by atoms with Crippen LogP contribution in [-0.2, 0) is 16.0 Å². The third-order valence-corrected chi connectivity index (χ3v) is 5.49. The highest BCUT2D eigenvalue weighted by atomic mass is 19.3. The summed E-state index contributed by atoms with van der Waals surface area (Å²) in [5.74, 6) is 0.675. The van der Waals surface area contributed by atoms with Crippen LogP contribution < -0.4 is 4.74 Å². The van der Waals surface area contributed by atoms with Crippen LogP contribution in [0.3, 0.4) is 0 Å². The average Bonchev–Trinajstić information content (AvgIpc) is 3.17. The van der Waals surface area contributed by atoms with E-state index in [1.807, 2.05) is 4.90 Å². The van der Waals surface area contributed by atoms with E-state index in [1.165, 1.54) is 12.1 Å². The molecule has 1 aliphatic heterocycles. The number of benzene rings is 1. The first-order valence-corrected chi connectivity index (χ1v) is 9.38. The minimum atomic E-state index is -2.85. The Morgan fingerprint density at radius 1 is 1.00 bits per heavy atom. The van der Waals surface area contributed by atoms with Crippen molar-refractivity contribution in [1.29, 1.82) is 0 Å². The Kier molecular flexibility index (Phi) is 6.22. The summed E-state index contributed by atoms with van der Waals surface area (Å²) in [6.07, 6.45) is 6.01. The number of halogens is 2. The van der Waals surface area contributed by atoms with Crippen molar-refractivity contribution in [2.45, 2.75) is 51.6 Å². The molecule has 2 aliphatic rings. The lowest BCUT2D eigenvalue weighted by molar-refractivity contribution is -0.138. The predicted octanol–water partition coefficient (Wildman–Crippen LogP) is 3.83. The SMILES string of the molecule is O=C(Cc1ccc(OC(F)F)cc1)C1CCN(C(=O)C2CCCC2)CC1. The molecule has 6 heteroatoms. The second-order valence-electron chi connectivity index (χ2n) is 7.25. The molecule has 0 spiro atoms. The van der Waals surface area contributed by atoms with E-state index >= 15 is 0 Å². The first kappa shape index (κ1) is 18.8. The number of Topliss-reactive ketones (excluding diaryl/α,β-unsaturated/α-hetero) is 1. The molecule has 0 atom stereocenters. The van der Waals surface area contributed by atoms with Gasteiger partial charge in [-0.3, -0.25) is 9.59 Å². The van der Waals surface area contributed by atoms with E-state index < -0.39 is 6.61 Å². The van der Waals surface area contributed by atoms with Crippen LogP contribution >= 0.6 is 0 Å². The number of hydrogen-bond donors (Lipinski definition) is 0. The Labute approximate surface area is 152 Å². The molecule has 0 aromatic heterocycles. The number of alkyl halides is 2. The standard InChI is InChI=1S/C20H25F2NO3/c21-20(22)26-17-7-5-14(6-8-17)13-18(24)15-9-11-23(12-10-15)19(25)16-3-1-2-4-16/h5-8,15-16,20H,1-4,9-13H2. The zero-order valence-electron chi connectivity index (χ0n) is 14.8. The quantitative estimate of drug-likeness (QED) is 0.770. The van der Waals surface area contributed by atoms with Crippen LogP contribution in [0.2, 0.25) is 0 Å². The average molecular weight is 365 g/mol. The van der Waals surface area contributed by atoms with E-state index in [-0.39, 0.29) is 35.7 Å². The Hall–Kier alpha value is -1.98. The summed E-state index contributed by atoms with van der Waals surface area (Å²) in [5, 5.41) is 0. The van der Waals surface area contributed by atoms with Crippen molar-refractivity contribution in [3.8, 4) is 5.75 Å². The normalized spacial score (nSPS) is 19.1. The smallest absolute Gasteiger partial charge is 0.387 e. The minimum absolute atomic E-state index is 0.0281. The molecule has 1 aliphatic carbocycles. The molecule has 1 heterocycles. The fourth-order valence-corrected chi connectivity index (χ4v) is 3.99. The summed E-state index contributed by atoms with van der Waals surface area (Å²) in [6.45, 7) is -1.53. The van der Waals surface area contributed by atoms with Crippen LogP contribution in [0.25, 0.3) is 0 Å². The second kappa shape index (κ2) is 8.60. The van der Waals surface area contributed by atoms with Crippen LogP contribution in [0, 0.1) is 11.8 Å². The molecule has 1 saturated carbocycles. The molecule has 3 rings (SSSR count). The van der Waals surface area contributed by atoms with E-state index in [9.17, 15) is 18.4 Å².